The first-order chi connectivity index (χ1) is 10.5. The van der Waals surface area contributed by atoms with Gasteiger partial charge in [0.1, 0.15) is 0 Å². The van der Waals surface area contributed by atoms with Crippen LogP contribution in [0.15, 0.2) is 35.6 Å². The highest BCUT2D eigenvalue weighted by molar-refractivity contribution is 7.99. The van der Waals surface area contributed by atoms with E-state index in [1.54, 1.807) is 30.5 Å². The largest absolute Gasteiger partial charge is 0.390 e. The number of hydrogen-bond donors (Lipinski definition) is 1. The van der Waals surface area contributed by atoms with E-state index < -0.39 is 0 Å². The molecule has 2 aromatic rings. The van der Waals surface area contributed by atoms with E-state index in [0.29, 0.717) is 22.3 Å². The first-order valence-electron chi connectivity index (χ1n) is 7.08. The Labute approximate surface area is 139 Å². The van der Waals surface area contributed by atoms with E-state index in [9.17, 15) is 9.90 Å². The molecule has 1 aromatic heterocycles. The van der Waals surface area contributed by atoms with Gasteiger partial charge in [-0.05, 0) is 30.2 Å². The van der Waals surface area contributed by atoms with Crippen LogP contribution < -0.4 is 0 Å². The molecule has 0 radical (unpaired) electrons. The molecule has 0 aliphatic rings. The molecule has 1 heterocycles. The van der Waals surface area contributed by atoms with E-state index in [4.69, 9.17) is 11.6 Å². The minimum absolute atomic E-state index is 0.0336. The average molecular weight is 339 g/mol. The Balaban J connectivity index is 2.06. The van der Waals surface area contributed by atoms with Crippen LogP contribution in [0.3, 0.4) is 0 Å². The number of imidazole rings is 1. The minimum Gasteiger partial charge on any atom is -0.390 e. The number of halogens is 1. The smallest absolute Gasteiger partial charge is 0.173 e. The zero-order valence-electron chi connectivity index (χ0n) is 12.6. The quantitative estimate of drug-likeness (QED) is 0.618. The molecule has 0 fully saturated rings. The monoisotopic (exact) mass is 338 g/mol. The fourth-order valence-electron chi connectivity index (χ4n) is 2.04. The van der Waals surface area contributed by atoms with Crippen LogP contribution in [0.1, 0.15) is 29.9 Å². The summed E-state index contributed by atoms with van der Waals surface area (Å²) in [5, 5.41) is 10.8. The molecule has 0 aliphatic carbocycles. The van der Waals surface area contributed by atoms with Gasteiger partial charge in [-0.3, -0.25) is 4.79 Å². The number of aliphatic hydroxyl groups is 1. The zero-order valence-corrected chi connectivity index (χ0v) is 14.2. The molecule has 1 aromatic carbocycles. The fourth-order valence-corrected chi connectivity index (χ4v) is 3.07. The second-order valence-electron chi connectivity index (χ2n) is 5.41. The first kappa shape index (κ1) is 17.1. The van der Waals surface area contributed by atoms with E-state index >= 15 is 0 Å². The lowest BCUT2D eigenvalue weighted by atomic mass is 10.1. The van der Waals surface area contributed by atoms with Gasteiger partial charge in [0.25, 0.3) is 0 Å². The zero-order chi connectivity index (χ0) is 16.1. The van der Waals surface area contributed by atoms with Gasteiger partial charge >= 0.3 is 0 Å². The highest BCUT2D eigenvalue weighted by Gasteiger charge is 2.14. The topological polar surface area (TPSA) is 55.1 Å². The molecule has 0 unspecified atom stereocenters. The summed E-state index contributed by atoms with van der Waals surface area (Å²) in [4.78, 5) is 16.5. The minimum atomic E-state index is -0.0502. The van der Waals surface area contributed by atoms with Crippen LogP contribution in [0, 0.1) is 5.92 Å². The second kappa shape index (κ2) is 7.81. The van der Waals surface area contributed by atoms with Crippen molar-refractivity contribution in [3.05, 3.63) is 46.7 Å². The summed E-state index contributed by atoms with van der Waals surface area (Å²) in [6, 6.07) is 6.88. The lowest BCUT2D eigenvalue weighted by Gasteiger charge is -2.12. The SMILES string of the molecule is CC(C)Cn1c(CO)cnc1SCC(=O)c1ccc(Cl)cc1. The van der Waals surface area contributed by atoms with Crippen LogP contribution in [0.25, 0.3) is 0 Å². The Morgan fingerprint density at radius 3 is 2.64 bits per heavy atom. The van der Waals surface area contributed by atoms with E-state index in [0.717, 1.165) is 17.4 Å². The standard InChI is InChI=1S/C16H19ClN2O2S/c1-11(2)8-19-14(9-20)7-18-16(19)22-10-15(21)12-3-5-13(17)6-4-12/h3-7,11,20H,8-10H2,1-2H3. The van der Waals surface area contributed by atoms with Crippen molar-refractivity contribution in [1.82, 2.24) is 9.55 Å². The van der Waals surface area contributed by atoms with Gasteiger partial charge in [0.15, 0.2) is 10.9 Å². The third-order valence-corrected chi connectivity index (χ3v) is 4.35. The maximum absolute atomic E-state index is 12.2. The van der Waals surface area contributed by atoms with Crippen LogP contribution in [0.2, 0.25) is 5.02 Å². The number of carbonyl (C=O) groups excluding carboxylic acids is 1. The molecule has 0 saturated heterocycles. The molecule has 2 rings (SSSR count). The van der Waals surface area contributed by atoms with Gasteiger partial charge in [-0.25, -0.2) is 4.98 Å². The number of Topliss-reactive ketones (excluding diaryl/α,β-unsaturated/α-hetero) is 1. The number of rotatable bonds is 7. The molecular formula is C16H19ClN2O2S. The lowest BCUT2D eigenvalue weighted by molar-refractivity contribution is 0.102. The highest BCUT2D eigenvalue weighted by Crippen LogP contribution is 2.22. The maximum Gasteiger partial charge on any atom is 0.173 e. The number of aromatic nitrogens is 2. The average Bonchev–Trinajstić information content (AvgIpc) is 2.86. The molecule has 0 spiro atoms. The van der Waals surface area contributed by atoms with Crippen molar-refractivity contribution < 1.29 is 9.90 Å². The van der Waals surface area contributed by atoms with Crippen molar-refractivity contribution >= 4 is 29.1 Å². The van der Waals surface area contributed by atoms with Crippen molar-refractivity contribution in [2.24, 2.45) is 5.92 Å². The lowest BCUT2D eigenvalue weighted by Crippen LogP contribution is -2.10. The van der Waals surface area contributed by atoms with Crippen molar-refractivity contribution in [2.45, 2.75) is 32.2 Å². The molecule has 1 N–H and O–H groups in total. The Morgan fingerprint density at radius 1 is 1.36 bits per heavy atom. The predicted octanol–water partition coefficient (Wildman–Crippen LogP) is 3.66. The van der Waals surface area contributed by atoms with Crippen molar-refractivity contribution in [3.63, 3.8) is 0 Å². The second-order valence-corrected chi connectivity index (χ2v) is 6.79. The molecule has 4 nitrogen and oxygen atoms in total. The molecule has 0 saturated carbocycles. The van der Waals surface area contributed by atoms with E-state index in [1.165, 1.54) is 11.8 Å². The van der Waals surface area contributed by atoms with Crippen molar-refractivity contribution in [2.75, 3.05) is 5.75 Å². The Morgan fingerprint density at radius 2 is 2.05 bits per heavy atom. The number of benzene rings is 1. The van der Waals surface area contributed by atoms with Gasteiger partial charge in [0.2, 0.25) is 0 Å². The summed E-state index contributed by atoms with van der Waals surface area (Å²) in [6.07, 6.45) is 1.66. The number of carbonyl (C=O) groups is 1. The molecule has 0 atom stereocenters. The summed E-state index contributed by atoms with van der Waals surface area (Å²) < 4.78 is 1.98. The van der Waals surface area contributed by atoms with Gasteiger partial charge in [-0.2, -0.15) is 0 Å². The Hall–Kier alpha value is -1.30. The number of aliphatic hydroxyl groups excluding tert-OH is 1. The van der Waals surface area contributed by atoms with Gasteiger partial charge < -0.3 is 9.67 Å². The van der Waals surface area contributed by atoms with Crippen LogP contribution in [-0.4, -0.2) is 26.2 Å². The molecule has 0 amide bonds. The summed E-state index contributed by atoms with van der Waals surface area (Å²) in [5.74, 6) is 0.777. The van der Waals surface area contributed by atoms with Gasteiger partial charge in [-0.1, -0.05) is 37.2 Å². The molecule has 6 heteroatoms. The van der Waals surface area contributed by atoms with Gasteiger partial charge in [-0.15, -0.1) is 0 Å². The number of nitrogens with zero attached hydrogens (tertiary/aromatic N) is 2. The number of ketones is 1. The highest BCUT2D eigenvalue weighted by atomic mass is 35.5. The number of hydrogen-bond acceptors (Lipinski definition) is 4. The van der Waals surface area contributed by atoms with Crippen molar-refractivity contribution in [1.29, 1.82) is 0 Å². The molecule has 22 heavy (non-hydrogen) atoms. The normalized spacial score (nSPS) is 11.1. The summed E-state index contributed by atoms with van der Waals surface area (Å²) in [6.45, 7) is 4.93. The van der Waals surface area contributed by atoms with Crippen LogP contribution in [0.4, 0.5) is 0 Å². The summed E-state index contributed by atoms with van der Waals surface area (Å²) in [7, 11) is 0. The summed E-state index contributed by atoms with van der Waals surface area (Å²) >= 11 is 7.21. The molecule has 118 valence electrons. The van der Waals surface area contributed by atoms with E-state index in [2.05, 4.69) is 18.8 Å². The number of thioether (sulfide) groups is 1. The fraction of sp³-hybridized carbons (Fsp3) is 0.375. The Kier molecular flexibility index (Phi) is 6.06. The van der Waals surface area contributed by atoms with Crippen LogP contribution in [-0.2, 0) is 13.2 Å². The van der Waals surface area contributed by atoms with Crippen LogP contribution in [0.5, 0.6) is 0 Å². The third-order valence-electron chi connectivity index (χ3n) is 3.11. The molecular weight excluding hydrogens is 320 g/mol. The first-order valence-corrected chi connectivity index (χ1v) is 8.44. The summed E-state index contributed by atoms with van der Waals surface area (Å²) in [5.41, 5.74) is 1.41. The van der Waals surface area contributed by atoms with E-state index in [-0.39, 0.29) is 12.4 Å². The van der Waals surface area contributed by atoms with Gasteiger partial charge in [0, 0.05) is 17.1 Å². The maximum atomic E-state index is 12.2. The molecule has 0 aliphatic heterocycles. The van der Waals surface area contributed by atoms with Crippen LogP contribution >= 0.6 is 23.4 Å². The predicted molar refractivity (Wildman–Crippen MR) is 89.5 cm³/mol. The third kappa shape index (κ3) is 4.35. The van der Waals surface area contributed by atoms with Crippen molar-refractivity contribution in [3.8, 4) is 0 Å². The van der Waals surface area contributed by atoms with Gasteiger partial charge in [0.05, 0.1) is 24.3 Å². The molecule has 0 bridgehead atoms. The van der Waals surface area contributed by atoms with E-state index in [1.807, 2.05) is 4.57 Å². The Bertz CT molecular complexity index is 638.